The fraction of sp³-hybridized carbons (Fsp3) is 0.308. The van der Waals surface area contributed by atoms with Gasteiger partial charge in [0.25, 0.3) is 0 Å². The highest BCUT2D eigenvalue weighted by molar-refractivity contribution is 9.10. The molecule has 0 amide bonds. The molecule has 1 heterocycles. The second-order valence-corrected chi connectivity index (χ2v) is 5.22. The predicted octanol–water partition coefficient (Wildman–Crippen LogP) is 3.39. The van der Waals surface area contributed by atoms with E-state index in [-0.39, 0.29) is 6.04 Å². The quantitative estimate of drug-likeness (QED) is 0.942. The average Bonchev–Trinajstić information content (AvgIpc) is 2.68. The molecule has 0 unspecified atom stereocenters. The van der Waals surface area contributed by atoms with Crippen LogP contribution in [0.1, 0.15) is 25.7 Å². The van der Waals surface area contributed by atoms with E-state index < -0.39 is 0 Å². The molecule has 0 bridgehead atoms. The lowest BCUT2D eigenvalue weighted by Gasteiger charge is -2.14. The van der Waals surface area contributed by atoms with Crippen molar-refractivity contribution in [2.24, 2.45) is 0 Å². The number of nitrogen functional groups attached to an aromatic ring is 1. The molecule has 0 atom stereocenters. The summed E-state index contributed by atoms with van der Waals surface area (Å²) >= 11 is 3.41. The molecule has 0 radical (unpaired) electrons. The summed E-state index contributed by atoms with van der Waals surface area (Å²) in [6.07, 6.45) is 1.67. The molecule has 0 aliphatic carbocycles. The topological polar surface area (TPSA) is 53.1 Å². The van der Waals surface area contributed by atoms with Crippen LogP contribution in [-0.2, 0) is 6.61 Å². The standard InChI is InChI=1S/C13H16BrN3O/c1-9(2)17-12(15)7-16-13(17)8-18-11-5-3-4-10(14)6-11/h3-7,9H,8,15H2,1-2H3. The van der Waals surface area contributed by atoms with E-state index in [4.69, 9.17) is 10.5 Å². The van der Waals surface area contributed by atoms with Crippen molar-refractivity contribution in [3.63, 3.8) is 0 Å². The molecule has 2 rings (SSSR count). The Hall–Kier alpha value is -1.49. The number of nitrogens with zero attached hydrogens (tertiary/aromatic N) is 2. The summed E-state index contributed by atoms with van der Waals surface area (Å²) in [6.45, 7) is 4.55. The Bertz CT molecular complexity index is 537. The Morgan fingerprint density at radius 1 is 1.44 bits per heavy atom. The van der Waals surface area contributed by atoms with Crippen LogP contribution in [-0.4, -0.2) is 9.55 Å². The summed E-state index contributed by atoms with van der Waals surface area (Å²) in [6, 6.07) is 8.00. The Balaban J connectivity index is 2.11. The van der Waals surface area contributed by atoms with Gasteiger partial charge < -0.3 is 15.0 Å². The van der Waals surface area contributed by atoms with Crippen LogP contribution in [0.3, 0.4) is 0 Å². The Morgan fingerprint density at radius 3 is 2.89 bits per heavy atom. The molecular weight excluding hydrogens is 294 g/mol. The van der Waals surface area contributed by atoms with Crippen molar-refractivity contribution in [3.05, 3.63) is 40.8 Å². The van der Waals surface area contributed by atoms with E-state index in [1.54, 1.807) is 6.20 Å². The van der Waals surface area contributed by atoms with Gasteiger partial charge in [-0.2, -0.15) is 0 Å². The fourth-order valence-corrected chi connectivity index (χ4v) is 2.20. The van der Waals surface area contributed by atoms with Gasteiger partial charge >= 0.3 is 0 Å². The average molecular weight is 310 g/mol. The van der Waals surface area contributed by atoms with Crippen molar-refractivity contribution in [2.75, 3.05) is 5.73 Å². The number of nitrogens with two attached hydrogens (primary N) is 1. The third-order valence-corrected chi connectivity index (χ3v) is 3.08. The summed E-state index contributed by atoms with van der Waals surface area (Å²) < 4.78 is 8.67. The van der Waals surface area contributed by atoms with Gasteiger partial charge in [-0.05, 0) is 32.0 Å². The zero-order chi connectivity index (χ0) is 13.1. The van der Waals surface area contributed by atoms with Gasteiger partial charge in [0, 0.05) is 10.5 Å². The molecule has 0 aliphatic rings. The maximum atomic E-state index is 5.87. The van der Waals surface area contributed by atoms with Crippen LogP contribution in [0, 0.1) is 0 Å². The molecule has 0 spiro atoms. The normalized spacial score (nSPS) is 10.9. The molecule has 2 aromatic rings. The third kappa shape index (κ3) is 2.85. The number of hydrogen-bond acceptors (Lipinski definition) is 3. The molecule has 1 aromatic heterocycles. The molecule has 4 nitrogen and oxygen atoms in total. The molecular formula is C13H16BrN3O. The zero-order valence-electron chi connectivity index (χ0n) is 10.4. The molecule has 0 saturated carbocycles. The second-order valence-electron chi connectivity index (χ2n) is 4.31. The van der Waals surface area contributed by atoms with Gasteiger partial charge in [-0.15, -0.1) is 0 Å². The lowest BCUT2D eigenvalue weighted by atomic mass is 10.3. The van der Waals surface area contributed by atoms with Gasteiger partial charge in [0.1, 0.15) is 24.0 Å². The van der Waals surface area contributed by atoms with Crippen LogP contribution < -0.4 is 10.5 Å². The molecule has 18 heavy (non-hydrogen) atoms. The summed E-state index contributed by atoms with van der Waals surface area (Å²) in [7, 11) is 0. The minimum Gasteiger partial charge on any atom is -0.486 e. The number of aromatic nitrogens is 2. The van der Waals surface area contributed by atoms with Crippen LogP contribution in [0.5, 0.6) is 5.75 Å². The Labute approximate surface area is 115 Å². The van der Waals surface area contributed by atoms with E-state index in [2.05, 4.69) is 34.8 Å². The smallest absolute Gasteiger partial charge is 0.148 e. The summed E-state index contributed by atoms with van der Waals surface area (Å²) in [5.74, 6) is 2.31. The first-order chi connectivity index (χ1) is 8.58. The number of imidazole rings is 1. The summed E-state index contributed by atoms with van der Waals surface area (Å²) in [5, 5.41) is 0. The zero-order valence-corrected chi connectivity index (χ0v) is 12.0. The molecule has 5 heteroatoms. The Kier molecular flexibility index (Phi) is 3.91. The van der Waals surface area contributed by atoms with Crippen LogP contribution in [0.4, 0.5) is 5.82 Å². The minimum absolute atomic E-state index is 0.272. The van der Waals surface area contributed by atoms with Crippen molar-refractivity contribution in [3.8, 4) is 5.75 Å². The largest absolute Gasteiger partial charge is 0.486 e. The first-order valence-corrected chi connectivity index (χ1v) is 6.57. The van der Waals surface area contributed by atoms with Crippen molar-refractivity contribution in [1.82, 2.24) is 9.55 Å². The highest BCUT2D eigenvalue weighted by atomic mass is 79.9. The number of ether oxygens (including phenoxy) is 1. The maximum absolute atomic E-state index is 5.87. The SMILES string of the molecule is CC(C)n1c(N)cnc1COc1cccc(Br)c1. The maximum Gasteiger partial charge on any atom is 0.148 e. The third-order valence-electron chi connectivity index (χ3n) is 2.58. The van der Waals surface area contributed by atoms with Gasteiger partial charge in [0.15, 0.2) is 0 Å². The highest BCUT2D eigenvalue weighted by Crippen LogP contribution is 2.20. The van der Waals surface area contributed by atoms with E-state index in [0.29, 0.717) is 12.4 Å². The van der Waals surface area contributed by atoms with Gasteiger partial charge in [-0.1, -0.05) is 22.0 Å². The molecule has 2 N–H and O–H groups in total. The first-order valence-electron chi connectivity index (χ1n) is 5.78. The number of benzene rings is 1. The number of rotatable bonds is 4. The Morgan fingerprint density at radius 2 is 2.22 bits per heavy atom. The number of halogens is 1. The van der Waals surface area contributed by atoms with Crippen LogP contribution >= 0.6 is 15.9 Å². The minimum atomic E-state index is 0.272. The number of anilines is 1. The molecule has 0 aliphatic heterocycles. The number of hydrogen-bond donors (Lipinski definition) is 1. The van der Waals surface area contributed by atoms with Gasteiger partial charge in [-0.25, -0.2) is 4.98 Å². The molecule has 0 fully saturated rings. The summed E-state index contributed by atoms with van der Waals surface area (Å²) in [4.78, 5) is 4.28. The second kappa shape index (κ2) is 5.44. The van der Waals surface area contributed by atoms with Gasteiger partial charge in [0.2, 0.25) is 0 Å². The van der Waals surface area contributed by atoms with E-state index in [1.165, 1.54) is 0 Å². The summed E-state index contributed by atoms with van der Waals surface area (Å²) in [5.41, 5.74) is 5.87. The van der Waals surface area contributed by atoms with Crippen molar-refractivity contribution in [1.29, 1.82) is 0 Å². The van der Waals surface area contributed by atoms with E-state index >= 15 is 0 Å². The van der Waals surface area contributed by atoms with E-state index in [0.717, 1.165) is 16.0 Å². The lowest BCUT2D eigenvalue weighted by Crippen LogP contribution is -2.11. The highest BCUT2D eigenvalue weighted by Gasteiger charge is 2.11. The predicted molar refractivity (Wildman–Crippen MR) is 75.5 cm³/mol. The van der Waals surface area contributed by atoms with Crippen LogP contribution in [0.2, 0.25) is 0 Å². The lowest BCUT2D eigenvalue weighted by molar-refractivity contribution is 0.286. The molecule has 1 aromatic carbocycles. The van der Waals surface area contributed by atoms with Crippen molar-refractivity contribution >= 4 is 21.7 Å². The van der Waals surface area contributed by atoms with Crippen molar-refractivity contribution in [2.45, 2.75) is 26.5 Å². The van der Waals surface area contributed by atoms with Crippen LogP contribution in [0.25, 0.3) is 0 Å². The van der Waals surface area contributed by atoms with Gasteiger partial charge in [-0.3, -0.25) is 0 Å². The van der Waals surface area contributed by atoms with E-state index in [1.807, 2.05) is 28.8 Å². The molecule has 0 saturated heterocycles. The first kappa shape index (κ1) is 13.0. The van der Waals surface area contributed by atoms with Gasteiger partial charge in [0.05, 0.1) is 6.20 Å². The molecule has 96 valence electrons. The van der Waals surface area contributed by atoms with E-state index in [9.17, 15) is 0 Å². The van der Waals surface area contributed by atoms with Crippen molar-refractivity contribution < 1.29 is 4.74 Å². The fourth-order valence-electron chi connectivity index (χ4n) is 1.82. The van der Waals surface area contributed by atoms with Crippen LogP contribution in [0.15, 0.2) is 34.9 Å². The monoisotopic (exact) mass is 309 g/mol.